The van der Waals surface area contributed by atoms with Crippen molar-refractivity contribution in [1.29, 1.82) is 0 Å². The molecule has 0 aliphatic rings. The highest BCUT2D eigenvalue weighted by Crippen LogP contribution is 2.27. The normalized spacial score (nSPS) is 10.4. The van der Waals surface area contributed by atoms with Gasteiger partial charge in [-0.25, -0.2) is 13.8 Å². The topological polar surface area (TPSA) is 22.1 Å². The van der Waals surface area contributed by atoms with Gasteiger partial charge in [-0.2, -0.15) is 0 Å². The van der Waals surface area contributed by atoms with Gasteiger partial charge in [-0.3, -0.25) is 0 Å². The van der Waals surface area contributed by atoms with E-state index in [4.69, 9.17) is 4.74 Å². The van der Waals surface area contributed by atoms with Crippen LogP contribution in [-0.4, -0.2) is 4.98 Å². The molecule has 1 heterocycles. The Kier molecular flexibility index (Phi) is 3.73. The average molecular weight is 365 g/mol. The van der Waals surface area contributed by atoms with Gasteiger partial charge in [-0.1, -0.05) is 0 Å². The van der Waals surface area contributed by atoms with Crippen LogP contribution in [0.25, 0.3) is 0 Å². The predicted molar refractivity (Wildman–Crippen MR) is 66.1 cm³/mol. The molecule has 17 heavy (non-hydrogen) atoms. The third kappa shape index (κ3) is 3.01. The van der Waals surface area contributed by atoms with E-state index in [0.29, 0.717) is 10.2 Å². The first-order valence-electron chi connectivity index (χ1n) is 4.50. The van der Waals surface area contributed by atoms with Crippen LogP contribution in [0.5, 0.6) is 11.6 Å². The average Bonchev–Trinajstić information content (AvgIpc) is 2.27. The lowest BCUT2D eigenvalue weighted by molar-refractivity contribution is 0.421. The molecule has 1 aromatic heterocycles. The number of hydrogen-bond acceptors (Lipinski definition) is 2. The first-order valence-corrected chi connectivity index (χ1v) is 6.09. The van der Waals surface area contributed by atoms with Gasteiger partial charge in [0.25, 0.3) is 5.88 Å². The van der Waals surface area contributed by atoms with Crippen molar-refractivity contribution in [3.05, 3.63) is 51.0 Å². The van der Waals surface area contributed by atoms with E-state index in [2.05, 4.69) is 36.8 Å². The maximum atomic E-state index is 13.4. The minimum absolute atomic E-state index is 0.160. The van der Waals surface area contributed by atoms with Crippen LogP contribution in [-0.2, 0) is 0 Å². The second-order valence-electron chi connectivity index (χ2n) is 3.12. The number of pyridine rings is 1. The van der Waals surface area contributed by atoms with Crippen molar-refractivity contribution in [3.63, 3.8) is 0 Å². The molecule has 0 N–H and O–H groups in total. The largest absolute Gasteiger partial charge is 0.436 e. The number of rotatable bonds is 2. The lowest BCUT2D eigenvalue weighted by Gasteiger charge is -2.06. The zero-order chi connectivity index (χ0) is 12.4. The summed E-state index contributed by atoms with van der Waals surface area (Å²) in [6, 6.07) is 5.25. The van der Waals surface area contributed by atoms with Crippen molar-refractivity contribution >= 4 is 31.9 Å². The van der Waals surface area contributed by atoms with Crippen LogP contribution in [0.2, 0.25) is 0 Å². The molecule has 88 valence electrons. The van der Waals surface area contributed by atoms with Crippen molar-refractivity contribution < 1.29 is 13.5 Å². The van der Waals surface area contributed by atoms with Crippen LogP contribution in [0, 0.1) is 11.6 Å². The second kappa shape index (κ2) is 5.10. The first-order chi connectivity index (χ1) is 8.06. The zero-order valence-electron chi connectivity index (χ0n) is 8.25. The summed E-state index contributed by atoms with van der Waals surface area (Å²) in [6.07, 6.45) is 1.41. The third-order valence-corrected chi connectivity index (χ3v) is 2.92. The quantitative estimate of drug-likeness (QED) is 0.772. The fourth-order valence-corrected chi connectivity index (χ4v) is 1.79. The van der Waals surface area contributed by atoms with Gasteiger partial charge in [0.15, 0.2) is 5.82 Å². The van der Waals surface area contributed by atoms with Gasteiger partial charge in [0.05, 0.1) is 4.47 Å². The van der Waals surface area contributed by atoms with Gasteiger partial charge in [-0.15, -0.1) is 0 Å². The van der Waals surface area contributed by atoms with Crippen molar-refractivity contribution in [2.45, 2.75) is 0 Å². The van der Waals surface area contributed by atoms with Crippen LogP contribution in [0.3, 0.4) is 0 Å². The summed E-state index contributed by atoms with van der Waals surface area (Å²) >= 11 is 6.10. The number of nitrogens with zero attached hydrogens (tertiary/aromatic N) is 1. The van der Waals surface area contributed by atoms with Gasteiger partial charge in [0.2, 0.25) is 0 Å². The molecule has 1 aromatic carbocycles. The zero-order valence-corrected chi connectivity index (χ0v) is 11.4. The predicted octanol–water partition coefficient (Wildman–Crippen LogP) is 4.68. The fraction of sp³-hybridized carbons (Fsp3) is 0. The van der Waals surface area contributed by atoms with Gasteiger partial charge in [-0.05, 0) is 56.1 Å². The molecule has 0 aliphatic carbocycles. The van der Waals surface area contributed by atoms with Crippen molar-refractivity contribution in [2.24, 2.45) is 0 Å². The molecule has 0 aliphatic heterocycles. The maximum Gasteiger partial charge on any atom is 0.255 e. The summed E-state index contributed by atoms with van der Waals surface area (Å²) in [5, 5.41) is 0. The standard InChI is InChI=1S/C11H5Br2F2NO/c12-6-3-10(15)11(16-5-6)17-7-1-2-9(14)8(13)4-7/h1-5H. The van der Waals surface area contributed by atoms with Crippen LogP contribution >= 0.6 is 31.9 Å². The van der Waals surface area contributed by atoms with E-state index in [1.807, 2.05) is 0 Å². The van der Waals surface area contributed by atoms with Crippen LogP contribution in [0.15, 0.2) is 39.4 Å². The maximum absolute atomic E-state index is 13.4. The molecular weight excluding hydrogens is 360 g/mol. The molecule has 0 atom stereocenters. The lowest BCUT2D eigenvalue weighted by atomic mass is 10.3. The molecule has 0 fully saturated rings. The van der Waals surface area contributed by atoms with E-state index in [-0.39, 0.29) is 10.4 Å². The van der Waals surface area contributed by atoms with Gasteiger partial charge < -0.3 is 4.74 Å². The van der Waals surface area contributed by atoms with Crippen LogP contribution in [0.4, 0.5) is 8.78 Å². The molecule has 6 heteroatoms. The molecule has 2 rings (SSSR count). The Morgan fingerprint density at radius 2 is 1.82 bits per heavy atom. The molecule has 0 bridgehead atoms. The lowest BCUT2D eigenvalue weighted by Crippen LogP contribution is -1.92. The van der Waals surface area contributed by atoms with E-state index in [9.17, 15) is 8.78 Å². The number of ether oxygens (including phenoxy) is 1. The van der Waals surface area contributed by atoms with Crippen molar-refractivity contribution in [2.75, 3.05) is 0 Å². The smallest absolute Gasteiger partial charge is 0.255 e. The Labute approximate surface area is 113 Å². The third-order valence-electron chi connectivity index (χ3n) is 1.88. The Balaban J connectivity index is 2.28. The number of halogens is 4. The summed E-state index contributed by atoms with van der Waals surface area (Å²) in [7, 11) is 0. The highest BCUT2D eigenvalue weighted by Gasteiger charge is 2.08. The highest BCUT2D eigenvalue weighted by molar-refractivity contribution is 9.10. The summed E-state index contributed by atoms with van der Waals surface area (Å²) < 4.78 is 32.3. The van der Waals surface area contributed by atoms with E-state index in [1.54, 1.807) is 0 Å². The minimum Gasteiger partial charge on any atom is -0.436 e. The number of aromatic nitrogens is 1. The Morgan fingerprint density at radius 1 is 1.06 bits per heavy atom. The van der Waals surface area contributed by atoms with Crippen molar-refractivity contribution in [1.82, 2.24) is 4.98 Å². The Morgan fingerprint density at radius 3 is 2.47 bits per heavy atom. The SMILES string of the molecule is Fc1ccc(Oc2ncc(Br)cc2F)cc1Br. The molecule has 0 saturated carbocycles. The molecule has 2 nitrogen and oxygen atoms in total. The molecule has 0 radical (unpaired) electrons. The van der Waals surface area contributed by atoms with Crippen LogP contribution < -0.4 is 4.74 Å². The molecule has 2 aromatic rings. The Bertz CT molecular complexity index is 563. The fourth-order valence-electron chi connectivity index (χ4n) is 1.13. The number of benzene rings is 1. The highest BCUT2D eigenvalue weighted by atomic mass is 79.9. The van der Waals surface area contributed by atoms with Crippen molar-refractivity contribution in [3.8, 4) is 11.6 Å². The first kappa shape index (κ1) is 12.4. The summed E-state index contributed by atoms with van der Waals surface area (Å²) in [5.41, 5.74) is 0. The van der Waals surface area contributed by atoms with Gasteiger partial charge >= 0.3 is 0 Å². The monoisotopic (exact) mass is 363 g/mol. The van der Waals surface area contributed by atoms with E-state index < -0.39 is 11.6 Å². The summed E-state index contributed by atoms with van der Waals surface area (Å²) in [4.78, 5) is 3.77. The van der Waals surface area contributed by atoms with Crippen LogP contribution in [0.1, 0.15) is 0 Å². The number of hydrogen-bond donors (Lipinski definition) is 0. The van der Waals surface area contributed by atoms with E-state index in [1.165, 1.54) is 30.5 Å². The minimum atomic E-state index is -0.597. The molecular formula is C11H5Br2F2NO. The van der Waals surface area contributed by atoms with Gasteiger partial charge in [0.1, 0.15) is 11.6 Å². The molecule has 0 unspecified atom stereocenters. The molecule has 0 saturated heterocycles. The summed E-state index contributed by atoms with van der Waals surface area (Å²) in [6.45, 7) is 0. The summed E-state index contributed by atoms with van der Waals surface area (Å²) in [5.74, 6) is -0.875. The molecule has 0 spiro atoms. The van der Waals surface area contributed by atoms with E-state index >= 15 is 0 Å². The van der Waals surface area contributed by atoms with Gasteiger partial charge in [0, 0.05) is 10.7 Å². The molecule has 0 amide bonds. The second-order valence-corrected chi connectivity index (χ2v) is 4.89. The van der Waals surface area contributed by atoms with E-state index in [0.717, 1.165) is 0 Å². The Hall–Kier alpha value is -1.01.